The number of aromatic nitrogens is 2. The molecule has 1 heterocycles. The molecule has 0 aliphatic heterocycles. The summed E-state index contributed by atoms with van der Waals surface area (Å²) in [6, 6.07) is 0.171. The summed E-state index contributed by atoms with van der Waals surface area (Å²) >= 11 is 0. The minimum absolute atomic E-state index is 0.116. The third kappa shape index (κ3) is 2.59. The molecule has 1 fully saturated rings. The molecule has 2 atom stereocenters. The molecule has 1 aromatic heterocycles. The third-order valence-corrected chi connectivity index (χ3v) is 3.42. The first kappa shape index (κ1) is 12.8. The van der Waals surface area contributed by atoms with Crippen LogP contribution in [0.25, 0.3) is 0 Å². The van der Waals surface area contributed by atoms with Crippen molar-refractivity contribution in [1.82, 2.24) is 9.97 Å². The molecule has 2 rings (SSSR count). The number of hydrogen-bond donors (Lipinski definition) is 3. The fraction of sp³-hybridized carbons (Fsp3) is 0.583. The average molecular weight is 251 g/mol. The van der Waals surface area contributed by atoms with Crippen LogP contribution in [0, 0.1) is 12.8 Å². The van der Waals surface area contributed by atoms with Crippen LogP contribution in [0.2, 0.25) is 0 Å². The highest BCUT2D eigenvalue weighted by Gasteiger charge is 2.27. The Morgan fingerprint density at radius 1 is 1.56 bits per heavy atom. The van der Waals surface area contributed by atoms with Crippen LogP contribution in [0.15, 0.2) is 6.20 Å². The lowest BCUT2D eigenvalue weighted by molar-refractivity contribution is 0.0695. The van der Waals surface area contributed by atoms with Crippen molar-refractivity contribution in [3.63, 3.8) is 0 Å². The minimum Gasteiger partial charge on any atom is -0.478 e. The number of carboxylic acid groups (broad SMARTS) is 1. The molecule has 0 amide bonds. The van der Waals surface area contributed by atoms with Crippen molar-refractivity contribution >= 4 is 11.9 Å². The molecule has 18 heavy (non-hydrogen) atoms. The van der Waals surface area contributed by atoms with Crippen molar-refractivity contribution in [2.24, 2.45) is 5.92 Å². The Bertz CT molecular complexity index is 450. The number of rotatable bonds is 4. The number of nitrogens with one attached hydrogen (secondary N) is 1. The molecule has 0 aromatic carbocycles. The minimum atomic E-state index is -1.02. The molecule has 0 radical (unpaired) electrons. The van der Waals surface area contributed by atoms with Gasteiger partial charge in [-0.3, -0.25) is 0 Å². The first-order valence-corrected chi connectivity index (χ1v) is 6.06. The Hall–Kier alpha value is -1.69. The maximum Gasteiger partial charge on any atom is 0.339 e. The first-order chi connectivity index (χ1) is 8.61. The first-order valence-electron chi connectivity index (χ1n) is 6.06. The molecule has 0 bridgehead atoms. The van der Waals surface area contributed by atoms with Crippen LogP contribution in [0.3, 0.4) is 0 Å². The molecule has 6 nitrogen and oxygen atoms in total. The van der Waals surface area contributed by atoms with Gasteiger partial charge in [0.05, 0.1) is 11.3 Å². The molecule has 1 saturated carbocycles. The van der Waals surface area contributed by atoms with Crippen LogP contribution in [-0.2, 0) is 0 Å². The van der Waals surface area contributed by atoms with Gasteiger partial charge >= 0.3 is 5.97 Å². The molecule has 0 saturated heterocycles. The molecule has 3 N–H and O–H groups in total. The van der Waals surface area contributed by atoms with E-state index in [1.165, 1.54) is 6.20 Å². The highest BCUT2D eigenvalue weighted by molar-refractivity contribution is 5.88. The van der Waals surface area contributed by atoms with E-state index < -0.39 is 5.97 Å². The van der Waals surface area contributed by atoms with Crippen molar-refractivity contribution in [3.8, 4) is 0 Å². The van der Waals surface area contributed by atoms with Gasteiger partial charge < -0.3 is 15.5 Å². The van der Waals surface area contributed by atoms with E-state index in [1.54, 1.807) is 6.92 Å². The van der Waals surface area contributed by atoms with E-state index in [1.807, 2.05) is 0 Å². The second-order valence-electron chi connectivity index (χ2n) is 4.62. The molecule has 1 aliphatic carbocycles. The number of anilines is 1. The zero-order valence-corrected chi connectivity index (χ0v) is 10.3. The monoisotopic (exact) mass is 251 g/mol. The molecule has 6 heteroatoms. The number of hydrogen-bond acceptors (Lipinski definition) is 5. The standard InChI is InChI=1S/C12H17N3O3/c1-7-9(11(17)18)5-13-12(14-7)15-10-4-2-3-8(10)6-16/h5,8,10,16H,2-4,6H2,1H3,(H,17,18)(H,13,14,15). The molecular formula is C12H17N3O3. The van der Waals surface area contributed by atoms with Crippen LogP contribution in [0.5, 0.6) is 0 Å². The summed E-state index contributed by atoms with van der Waals surface area (Å²) in [6.07, 6.45) is 4.37. The van der Waals surface area contributed by atoms with Crippen molar-refractivity contribution in [1.29, 1.82) is 0 Å². The lowest BCUT2D eigenvalue weighted by Crippen LogP contribution is -2.27. The smallest absolute Gasteiger partial charge is 0.339 e. The summed E-state index contributed by atoms with van der Waals surface area (Å²) in [5, 5.41) is 21.3. The van der Waals surface area contributed by atoms with Gasteiger partial charge in [0.25, 0.3) is 0 Å². The zero-order valence-electron chi connectivity index (χ0n) is 10.3. The summed E-state index contributed by atoms with van der Waals surface area (Å²) in [4.78, 5) is 19.0. The SMILES string of the molecule is Cc1nc(NC2CCCC2CO)ncc1C(=O)O. The number of carbonyl (C=O) groups is 1. The van der Waals surface area contributed by atoms with E-state index in [0.29, 0.717) is 11.6 Å². The van der Waals surface area contributed by atoms with Crippen LogP contribution < -0.4 is 5.32 Å². The summed E-state index contributed by atoms with van der Waals surface area (Å²) in [5.74, 6) is -0.357. The Balaban J connectivity index is 2.10. The summed E-state index contributed by atoms with van der Waals surface area (Å²) < 4.78 is 0. The van der Waals surface area contributed by atoms with E-state index in [0.717, 1.165) is 19.3 Å². The second-order valence-corrected chi connectivity index (χ2v) is 4.62. The van der Waals surface area contributed by atoms with Gasteiger partial charge in [-0.2, -0.15) is 0 Å². The van der Waals surface area contributed by atoms with Gasteiger partial charge in [0.15, 0.2) is 0 Å². The van der Waals surface area contributed by atoms with Gasteiger partial charge in [-0.15, -0.1) is 0 Å². The molecule has 98 valence electrons. The van der Waals surface area contributed by atoms with Crippen molar-refractivity contribution in [2.75, 3.05) is 11.9 Å². The van der Waals surface area contributed by atoms with Gasteiger partial charge in [-0.05, 0) is 19.8 Å². The average Bonchev–Trinajstić information content (AvgIpc) is 2.76. The van der Waals surface area contributed by atoms with Gasteiger partial charge in [0.1, 0.15) is 0 Å². The predicted molar refractivity (Wildman–Crippen MR) is 65.6 cm³/mol. The molecular weight excluding hydrogens is 234 g/mol. The number of aliphatic hydroxyl groups excluding tert-OH is 1. The van der Waals surface area contributed by atoms with Gasteiger partial charge in [-0.25, -0.2) is 14.8 Å². The van der Waals surface area contributed by atoms with Gasteiger partial charge in [-0.1, -0.05) is 6.42 Å². The fourth-order valence-corrected chi connectivity index (χ4v) is 2.36. The van der Waals surface area contributed by atoms with E-state index in [-0.39, 0.29) is 24.1 Å². The maximum absolute atomic E-state index is 10.8. The number of nitrogens with zero attached hydrogens (tertiary/aromatic N) is 2. The van der Waals surface area contributed by atoms with E-state index in [9.17, 15) is 9.90 Å². The maximum atomic E-state index is 10.8. The van der Waals surface area contributed by atoms with E-state index >= 15 is 0 Å². The highest BCUT2D eigenvalue weighted by atomic mass is 16.4. The fourth-order valence-electron chi connectivity index (χ4n) is 2.36. The van der Waals surface area contributed by atoms with Crippen molar-refractivity contribution in [2.45, 2.75) is 32.2 Å². The number of aryl methyl sites for hydroxylation is 1. The van der Waals surface area contributed by atoms with Crippen LogP contribution in [0.4, 0.5) is 5.95 Å². The second kappa shape index (κ2) is 5.30. The molecule has 1 aromatic rings. The lowest BCUT2D eigenvalue weighted by atomic mass is 10.1. The number of aromatic carboxylic acids is 1. The van der Waals surface area contributed by atoms with Crippen molar-refractivity contribution < 1.29 is 15.0 Å². The quantitative estimate of drug-likeness (QED) is 0.740. The van der Waals surface area contributed by atoms with Crippen LogP contribution in [-0.4, -0.2) is 38.8 Å². The third-order valence-electron chi connectivity index (χ3n) is 3.42. The van der Waals surface area contributed by atoms with E-state index in [2.05, 4.69) is 15.3 Å². The molecule has 1 aliphatic rings. The van der Waals surface area contributed by atoms with Gasteiger partial charge in [0.2, 0.25) is 5.95 Å². The number of carboxylic acids is 1. The Labute approximate surface area is 105 Å². The summed E-state index contributed by atoms with van der Waals surface area (Å²) in [7, 11) is 0. The summed E-state index contributed by atoms with van der Waals surface area (Å²) in [5.41, 5.74) is 0.559. The topological polar surface area (TPSA) is 95.3 Å². The largest absolute Gasteiger partial charge is 0.478 e. The Morgan fingerprint density at radius 2 is 2.33 bits per heavy atom. The Morgan fingerprint density at radius 3 is 2.94 bits per heavy atom. The normalized spacial score (nSPS) is 23.0. The highest BCUT2D eigenvalue weighted by Crippen LogP contribution is 2.27. The Kier molecular flexibility index (Phi) is 3.76. The van der Waals surface area contributed by atoms with Crippen LogP contribution >= 0.6 is 0 Å². The predicted octanol–water partition coefficient (Wildman–Crippen LogP) is 1.06. The van der Waals surface area contributed by atoms with E-state index in [4.69, 9.17) is 5.11 Å². The molecule has 2 unspecified atom stereocenters. The lowest BCUT2D eigenvalue weighted by Gasteiger charge is -2.19. The van der Waals surface area contributed by atoms with Gasteiger partial charge in [0, 0.05) is 24.8 Å². The zero-order chi connectivity index (χ0) is 13.1. The van der Waals surface area contributed by atoms with Crippen LogP contribution in [0.1, 0.15) is 35.3 Å². The van der Waals surface area contributed by atoms with Crippen molar-refractivity contribution in [3.05, 3.63) is 17.5 Å². The molecule has 0 spiro atoms. The number of aliphatic hydroxyl groups is 1. The summed E-state index contributed by atoms with van der Waals surface area (Å²) in [6.45, 7) is 1.80.